The molecule has 28 heavy (non-hydrogen) atoms. The first kappa shape index (κ1) is 24.2. The molecule has 0 atom stereocenters. The Morgan fingerprint density at radius 3 is 2.39 bits per heavy atom. The lowest BCUT2D eigenvalue weighted by molar-refractivity contribution is 0.409. The Labute approximate surface area is 184 Å². The van der Waals surface area contributed by atoms with Crippen molar-refractivity contribution in [1.29, 1.82) is 0 Å². The van der Waals surface area contributed by atoms with Crippen molar-refractivity contribution in [2.75, 3.05) is 26.5 Å². The lowest BCUT2D eigenvalue weighted by atomic mass is 10.2. The lowest BCUT2D eigenvalue weighted by Gasteiger charge is -2.13. The van der Waals surface area contributed by atoms with Gasteiger partial charge >= 0.3 is 0 Å². The second-order valence-electron chi connectivity index (χ2n) is 6.10. The van der Waals surface area contributed by atoms with Crippen molar-refractivity contribution < 1.29 is 13.2 Å². The van der Waals surface area contributed by atoms with E-state index >= 15 is 0 Å². The fourth-order valence-corrected chi connectivity index (χ4v) is 4.08. The molecule has 0 saturated carbocycles. The SMILES string of the molecule is CN=C(NCCCS(=O)(=O)Cc1ccccc1)NCc1ccccc1OC.I. The topological polar surface area (TPSA) is 79.8 Å². The number of hydrogen-bond donors (Lipinski definition) is 2. The van der Waals surface area contributed by atoms with Gasteiger partial charge in [0.15, 0.2) is 15.8 Å². The van der Waals surface area contributed by atoms with Gasteiger partial charge in [-0.15, -0.1) is 24.0 Å². The Morgan fingerprint density at radius 2 is 1.71 bits per heavy atom. The van der Waals surface area contributed by atoms with Gasteiger partial charge in [0.2, 0.25) is 0 Å². The van der Waals surface area contributed by atoms with Gasteiger partial charge in [-0.3, -0.25) is 4.99 Å². The molecule has 154 valence electrons. The summed E-state index contributed by atoms with van der Waals surface area (Å²) in [5.74, 6) is 1.65. The van der Waals surface area contributed by atoms with Crippen LogP contribution in [-0.4, -0.2) is 40.8 Å². The summed E-state index contributed by atoms with van der Waals surface area (Å²) in [6.07, 6.45) is 0.518. The monoisotopic (exact) mass is 517 g/mol. The first-order valence-electron chi connectivity index (χ1n) is 8.85. The van der Waals surface area contributed by atoms with Gasteiger partial charge in [-0.1, -0.05) is 48.5 Å². The zero-order chi connectivity index (χ0) is 19.5. The van der Waals surface area contributed by atoms with Crippen LogP contribution in [-0.2, 0) is 22.1 Å². The van der Waals surface area contributed by atoms with Crippen LogP contribution < -0.4 is 15.4 Å². The van der Waals surface area contributed by atoms with Crippen molar-refractivity contribution >= 4 is 39.8 Å². The molecule has 0 aliphatic carbocycles. The third-order valence-electron chi connectivity index (χ3n) is 4.02. The molecular weight excluding hydrogens is 489 g/mol. The molecule has 0 amide bonds. The summed E-state index contributed by atoms with van der Waals surface area (Å²) in [4.78, 5) is 4.16. The van der Waals surface area contributed by atoms with Gasteiger partial charge in [0.1, 0.15) is 5.75 Å². The van der Waals surface area contributed by atoms with E-state index in [9.17, 15) is 8.42 Å². The number of para-hydroxylation sites is 1. The molecule has 0 fully saturated rings. The van der Waals surface area contributed by atoms with Crippen LogP contribution in [0.3, 0.4) is 0 Å². The number of methoxy groups -OCH3 is 1. The van der Waals surface area contributed by atoms with E-state index in [2.05, 4.69) is 15.6 Å². The zero-order valence-corrected chi connectivity index (χ0v) is 19.4. The number of halogens is 1. The molecule has 0 aliphatic heterocycles. The highest BCUT2D eigenvalue weighted by Crippen LogP contribution is 2.16. The molecule has 0 radical (unpaired) electrons. The van der Waals surface area contributed by atoms with Crippen LogP contribution in [0.4, 0.5) is 0 Å². The molecule has 2 N–H and O–H groups in total. The van der Waals surface area contributed by atoms with Gasteiger partial charge in [-0.25, -0.2) is 8.42 Å². The highest BCUT2D eigenvalue weighted by Gasteiger charge is 2.11. The number of benzene rings is 2. The Balaban J connectivity index is 0.00000392. The molecule has 0 saturated heterocycles. The molecule has 0 aliphatic rings. The summed E-state index contributed by atoms with van der Waals surface area (Å²) in [6, 6.07) is 17.0. The van der Waals surface area contributed by atoms with E-state index in [4.69, 9.17) is 4.74 Å². The van der Waals surface area contributed by atoms with Crippen LogP contribution in [0.25, 0.3) is 0 Å². The van der Waals surface area contributed by atoms with Crippen molar-refractivity contribution in [3.05, 3.63) is 65.7 Å². The smallest absolute Gasteiger partial charge is 0.191 e. The van der Waals surface area contributed by atoms with E-state index in [1.165, 1.54) is 0 Å². The summed E-state index contributed by atoms with van der Waals surface area (Å²) < 4.78 is 29.7. The number of ether oxygens (including phenoxy) is 1. The molecule has 2 rings (SSSR count). The van der Waals surface area contributed by atoms with Crippen LogP contribution in [0.1, 0.15) is 17.5 Å². The normalized spacial score (nSPS) is 11.4. The maximum absolute atomic E-state index is 12.2. The summed E-state index contributed by atoms with van der Waals surface area (Å²) in [5, 5.41) is 6.35. The zero-order valence-electron chi connectivity index (χ0n) is 16.2. The average molecular weight is 517 g/mol. The standard InChI is InChI=1S/C20H27N3O3S.HI/c1-21-20(23-15-18-11-6-7-12-19(18)26-2)22-13-8-14-27(24,25)16-17-9-4-3-5-10-17;/h3-7,9-12H,8,13-16H2,1-2H3,(H2,21,22,23);1H. The number of rotatable bonds is 9. The average Bonchev–Trinajstić information content (AvgIpc) is 2.68. The Bertz CT molecular complexity index is 843. The van der Waals surface area contributed by atoms with Gasteiger partial charge in [0, 0.05) is 25.7 Å². The van der Waals surface area contributed by atoms with Gasteiger partial charge < -0.3 is 15.4 Å². The van der Waals surface area contributed by atoms with Crippen molar-refractivity contribution in [3.8, 4) is 5.75 Å². The van der Waals surface area contributed by atoms with Crippen molar-refractivity contribution in [2.24, 2.45) is 4.99 Å². The van der Waals surface area contributed by atoms with Gasteiger partial charge in [-0.2, -0.15) is 0 Å². The minimum absolute atomic E-state index is 0. The highest BCUT2D eigenvalue weighted by molar-refractivity contribution is 14.0. The van der Waals surface area contributed by atoms with Gasteiger partial charge in [0.05, 0.1) is 18.6 Å². The van der Waals surface area contributed by atoms with Crippen molar-refractivity contribution in [2.45, 2.75) is 18.7 Å². The Kier molecular flexibility index (Phi) is 10.9. The van der Waals surface area contributed by atoms with Crippen LogP contribution in [0, 0.1) is 0 Å². The molecule has 0 unspecified atom stereocenters. The minimum atomic E-state index is -3.12. The number of nitrogens with zero attached hydrogens (tertiary/aromatic N) is 1. The first-order chi connectivity index (χ1) is 13.0. The molecule has 0 spiro atoms. The molecule has 8 heteroatoms. The lowest BCUT2D eigenvalue weighted by Crippen LogP contribution is -2.37. The number of guanidine groups is 1. The minimum Gasteiger partial charge on any atom is -0.496 e. The number of hydrogen-bond acceptors (Lipinski definition) is 4. The van der Waals surface area contributed by atoms with E-state index in [1.807, 2.05) is 54.6 Å². The Hall–Kier alpha value is -1.81. The number of nitrogens with one attached hydrogen (secondary N) is 2. The molecule has 2 aromatic carbocycles. The van der Waals surface area contributed by atoms with Crippen LogP contribution >= 0.6 is 24.0 Å². The number of sulfone groups is 1. The molecule has 0 bridgehead atoms. The maximum Gasteiger partial charge on any atom is 0.191 e. The summed E-state index contributed by atoms with van der Waals surface area (Å²) in [7, 11) is 0.205. The quantitative estimate of drug-likeness (QED) is 0.232. The Morgan fingerprint density at radius 1 is 1.04 bits per heavy atom. The van der Waals surface area contributed by atoms with E-state index in [0.29, 0.717) is 25.5 Å². The molecule has 2 aromatic rings. The van der Waals surface area contributed by atoms with E-state index in [-0.39, 0.29) is 35.5 Å². The molecule has 0 aromatic heterocycles. The van der Waals surface area contributed by atoms with E-state index in [0.717, 1.165) is 16.9 Å². The van der Waals surface area contributed by atoms with Crippen molar-refractivity contribution in [1.82, 2.24) is 10.6 Å². The third kappa shape index (κ3) is 8.47. The van der Waals surface area contributed by atoms with E-state index in [1.54, 1.807) is 14.2 Å². The van der Waals surface area contributed by atoms with Crippen molar-refractivity contribution in [3.63, 3.8) is 0 Å². The van der Waals surface area contributed by atoms with Crippen LogP contribution in [0.15, 0.2) is 59.6 Å². The van der Waals surface area contributed by atoms with E-state index < -0.39 is 9.84 Å². The molecule has 0 heterocycles. The van der Waals surface area contributed by atoms with Crippen LogP contribution in [0.2, 0.25) is 0 Å². The summed E-state index contributed by atoms with van der Waals surface area (Å²) in [5.41, 5.74) is 1.84. The first-order valence-corrected chi connectivity index (χ1v) is 10.7. The van der Waals surface area contributed by atoms with Crippen LogP contribution in [0.5, 0.6) is 5.75 Å². The summed E-state index contributed by atoms with van der Waals surface area (Å²) >= 11 is 0. The van der Waals surface area contributed by atoms with Gasteiger partial charge in [-0.05, 0) is 18.1 Å². The molecular formula is C20H28IN3O3S. The predicted molar refractivity (Wildman–Crippen MR) is 125 cm³/mol. The summed E-state index contributed by atoms with van der Waals surface area (Å²) in [6.45, 7) is 1.09. The third-order valence-corrected chi connectivity index (χ3v) is 5.70. The maximum atomic E-state index is 12.2. The fraction of sp³-hybridized carbons (Fsp3) is 0.350. The largest absolute Gasteiger partial charge is 0.496 e. The second-order valence-corrected chi connectivity index (χ2v) is 8.28. The fourth-order valence-electron chi connectivity index (χ4n) is 2.65. The highest BCUT2D eigenvalue weighted by atomic mass is 127. The van der Waals surface area contributed by atoms with Gasteiger partial charge in [0.25, 0.3) is 0 Å². The molecule has 6 nitrogen and oxygen atoms in total. The number of aliphatic imine (C=N–C) groups is 1. The second kappa shape index (κ2) is 12.6. The predicted octanol–water partition coefficient (Wildman–Crippen LogP) is 2.98.